The molecular formula is C26H29N3O5S. The van der Waals surface area contributed by atoms with E-state index in [1.807, 2.05) is 30.5 Å². The van der Waals surface area contributed by atoms with E-state index in [0.29, 0.717) is 10.6 Å². The van der Waals surface area contributed by atoms with E-state index in [1.165, 1.54) is 0 Å². The van der Waals surface area contributed by atoms with Gasteiger partial charge in [0.15, 0.2) is 0 Å². The van der Waals surface area contributed by atoms with Crippen molar-refractivity contribution in [3.63, 3.8) is 0 Å². The summed E-state index contributed by atoms with van der Waals surface area (Å²) in [5.41, 5.74) is 4.19. The van der Waals surface area contributed by atoms with Gasteiger partial charge in [0.2, 0.25) is 0 Å². The third-order valence-electron chi connectivity index (χ3n) is 6.99. The van der Waals surface area contributed by atoms with E-state index in [4.69, 9.17) is 9.72 Å². The van der Waals surface area contributed by atoms with Gasteiger partial charge in [0, 0.05) is 33.9 Å². The lowest BCUT2D eigenvalue weighted by molar-refractivity contribution is -0.205. The zero-order chi connectivity index (χ0) is 24.5. The van der Waals surface area contributed by atoms with Crippen molar-refractivity contribution < 1.29 is 25.2 Å². The molecule has 2 aromatic heterocycles. The largest absolute Gasteiger partial charge is 0.394 e. The summed E-state index contributed by atoms with van der Waals surface area (Å²) < 4.78 is 5.72. The molecule has 0 saturated carbocycles. The smallest absolute Gasteiger partial charge is 0.138 e. The Balaban J connectivity index is 1.66. The van der Waals surface area contributed by atoms with Gasteiger partial charge < -0.3 is 30.1 Å². The summed E-state index contributed by atoms with van der Waals surface area (Å²) in [6.07, 6.45) is 2.48. The third kappa shape index (κ3) is 4.47. The van der Waals surface area contributed by atoms with Crippen molar-refractivity contribution in [3.05, 3.63) is 47.3 Å². The fourth-order valence-corrected chi connectivity index (χ4v) is 6.26. The number of hydrogen-bond donors (Lipinski definition) is 5. The van der Waals surface area contributed by atoms with Crippen molar-refractivity contribution in [2.75, 3.05) is 6.61 Å². The molecule has 1 fully saturated rings. The lowest BCUT2D eigenvalue weighted by atomic mass is 9.88. The molecule has 1 saturated heterocycles. The van der Waals surface area contributed by atoms with Crippen LogP contribution in [0, 0.1) is 11.3 Å². The highest BCUT2D eigenvalue weighted by Gasteiger charge is 2.44. The molecule has 0 bridgehead atoms. The molecule has 184 valence electrons. The summed E-state index contributed by atoms with van der Waals surface area (Å²) in [5.74, 6) is 0. The van der Waals surface area contributed by atoms with Gasteiger partial charge in [0.1, 0.15) is 40.9 Å². The predicted molar refractivity (Wildman–Crippen MR) is 132 cm³/mol. The van der Waals surface area contributed by atoms with Crippen molar-refractivity contribution in [3.8, 4) is 17.2 Å². The van der Waals surface area contributed by atoms with Gasteiger partial charge in [-0.2, -0.15) is 5.26 Å². The van der Waals surface area contributed by atoms with E-state index in [2.05, 4.69) is 11.1 Å². The summed E-state index contributed by atoms with van der Waals surface area (Å²) >= 11 is 1.05. The van der Waals surface area contributed by atoms with E-state index in [-0.39, 0.29) is 0 Å². The SMILES string of the molecule is N#Cc1c(S[C@@H]2O[C@H](CO)[C@@H](O)[C@H](O)[C@H]2O)nc2c(c1-c1c[nH]c3ccccc13)CCCCCC2. The molecule has 3 heterocycles. The second-order valence-electron chi connectivity index (χ2n) is 9.18. The second-order valence-corrected chi connectivity index (χ2v) is 10.3. The van der Waals surface area contributed by atoms with Crippen LogP contribution in [-0.2, 0) is 17.6 Å². The quantitative estimate of drug-likeness (QED) is 0.372. The maximum Gasteiger partial charge on any atom is 0.138 e. The lowest BCUT2D eigenvalue weighted by Gasteiger charge is -2.39. The van der Waals surface area contributed by atoms with Crippen LogP contribution in [0.4, 0.5) is 0 Å². The Morgan fingerprint density at radius 3 is 2.60 bits per heavy atom. The zero-order valence-electron chi connectivity index (χ0n) is 19.2. The number of aryl methyl sites for hydroxylation is 1. The van der Waals surface area contributed by atoms with Crippen molar-refractivity contribution in [2.24, 2.45) is 0 Å². The van der Waals surface area contributed by atoms with E-state index in [0.717, 1.165) is 83.6 Å². The first-order chi connectivity index (χ1) is 17.0. The number of aliphatic hydroxyl groups is 4. The maximum atomic E-state index is 10.6. The molecule has 1 aromatic carbocycles. The Labute approximate surface area is 207 Å². The summed E-state index contributed by atoms with van der Waals surface area (Å²) in [7, 11) is 0. The number of hydrogen-bond acceptors (Lipinski definition) is 8. The first-order valence-electron chi connectivity index (χ1n) is 12.0. The first-order valence-corrected chi connectivity index (χ1v) is 12.9. The average molecular weight is 496 g/mol. The topological polar surface area (TPSA) is 143 Å². The van der Waals surface area contributed by atoms with Crippen LogP contribution < -0.4 is 0 Å². The molecule has 8 nitrogen and oxygen atoms in total. The van der Waals surface area contributed by atoms with Crippen LogP contribution in [0.25, 0.3) is 22.0 Å². The number of nitriles is 1. The van der Waals surface area contributed by atoms with Crippen LogP contribution in [0.5, 0.6) is 0 Å². The summed E-state index contributed by atoms with van der Waals surface area (Å²) in [5, 5.41) is 52.4. The number of H-pyrrole nitrogens is 1. The van der Waals surface area contributed by atoms with Crippen LogP contribution in [0.15, 0.2) is 35.5 Å². The molecule has 5 atom stereocenters. The van der Waals surface area contributed by atoms with E-state index < -0.39 is 36.5 Å². The fraction of sp³-hybridized carbons (Fsp3) is 0.462. The minimum Gasteiger partial charge on any atom is -0.394 e. The number of fused-ring (bicyclic) bond motifs is 2. The molecule has 1 aliphatic heterocycles. The van der Waals surface area contributed by atoms with Gasteiger partial charge in [-0.3, -0.25) is 0 Å². The minimum absolute atomic E-state index is 0.399. The van der Waals surface area contributed by atoms with Gasteiger partial charge in [-0.05, 0) is 37.3 Å². The van der Waals surface area contributed by atoms with Crippen LogP contribution in [0.1, 0.15) is 42.5 Å². The molecule has 5 N–H and O–H groups in total. The molecule has 0 radical (unpaired) electrons. The molecule has 0 spiro atoms. The van der Waals surface area contributed by atoms with Crippen LogP contribution in [0.2, 0.25) is 0 Å². The monoisotopic (exact) mass is 495 g/mol. The number of nitrogens with zero attached hydrogens (tertiary/aromatic N) is 2. The summed E-state index contributed by atoms with van der Waals surface area (Å²) in [4.78, 5) is 8.21. The normalized spacial score (nSPS) is 27.1. The maximum absolute atomic E-state index is 10.6. The van der Waals surface area contributed by atoms with Crippen molar-refractivity contribution >= 4 is 22.7 Å². The molecule has 35 heavy (non-hydrogen) atoms. The lowest BCUT2D eigenvalue weighted by Crippen LogP contribution is -2.57. The Kier molecular flexibility index (Phi) is 7.12. The van der Waals surface area contributed by atoms with Gasteiger partial charge in [-0.1, -0.05) is 42.8 Å². The van der Waals surface area contributed by atoms with Crippen molar-refractivity contribution in [2.45, 2.75) is 73.4 Å². The Bertz CT molecular complexity index is 1250. The highest BCUT2D eigenvalue weighted by molar-refractivity contribution is 7.99. The van der Waals surface area contributed by atoms with Gasteiger partial charge in [-0.15, -0.1) is 0 Å². The number of rotatable bonds is 4. The standard InChI is InChI=1S/C26H29N3O5S/c27-11-16-21(17-12-28-18-9-6-5-7-14(17)18)15-8-3-1-2-4-10-19(15)29-25(16)35-26-24(33)23(32)22(31)20(13-30)34-26/h5-7,9,12,20,22-24,26,28,30-33H,1-4,8,10,13H2/t20-,22-,23+,24-,26+/m1/s1. The Morgan fingerprint density at radius 2 is 1.83 bits per heavy atom. The van der Waals surface area contributed by atoms with Crippen LogP contribution in [0.3, 0.4) is 0 Å². The van der Waals surface area contributed by atoms with Gasteiger partial charge in [0.05, 0.1) is 12.2 Å². The van der Waals surface area contributed by atoms with Crippen molar-refractivity contribution in [1.29, 1.82) is 5.26 Å². The zero-order valence-corrected chi connectivity index (χ0v) is 20.0. The number of thioether (sulfide) groups is 1. The van der Waals surface area contributed by atoms with Crippen LogP contribution in [-0.4, -0.2) is 66.9 Å². The minimum atomic E-state index is -1.48. The second kappa shape index (κ2) is 10.3. The molecule has 2 aliphatic rings. The van der Waals surface area contributed by atoms with Gasteiger partial charge >= 0.3 is 0 Å². The van der Waals surface area contributed by atoms with E-state index in [9.17, 15) is 25.7 Å². The van der Waals surface area contributed by atoms with Gasteiger partial charge in [0.25, 0.3) is 0 Å². The number of ether oxygens (including phenoxy) is 1. The number of aromatic amines is 1. The number of para-hydroxylation sites is 1. The summed E-state index contributed by atoms with van der Waals surface area (Å²) in [6, 6.07) is 10.3. The first kappa shape index (κ1) is 24.3. The van der Waals surface area contributed by atoms with Gasteiger partial charge in [-0.25, -0.2) is 4.98 Å². The molecule has 1 aliphatic carbocycles. The summed E-state index contributed by atoms with van der Waals surface area (Å²) in [6.45, 7) is -0.509. The highest BCUT2D eigenvalue weighted by Crippen LogP contribution is 2.42. The number of aromatic nitrogens is 2. The van der Waals surface area contributed by atoms with Crippen LogP contribution >= 0.6 is 11.8 Å². The van der Waals surface area contributed by atoms with E-state index in [1.54, 1.807) is 0 Å². The molecule has 5 rings (SSSR count). The molecule has 0 unspecified atom stereocenters. The molecular weight excluding hydrogens is 466 g/mol. The highest BCUT2D eigenvalue weighted by atomic mass is 32.2. The number of benzene rings is 1. The Hall–Kier alpha value is -2.45. The fourth-order valence-electron chi connectivity index (χ4n) is 5.11. The number of aliphatic hydroxyl groups excluding tert-OH is 4. The Morgan fingerprint density at radius 1 is 1.06 bits per heavy atom. The number of pyridine rings is 1. The molecule has 3 aromatic rings. The third-order valence-corrected chi connectivity index (χ3v) is 8.13. The molecule has 0 amide bonds. The number of nitrogens with one attached hydrogen (secondary N) is 1. The van der Waals surface area contributed by atoms with E-state index >= 15 is 0 Å². The average Bonchev–Trinajstić information content (AvgIpc) is 3.28. The van der Waals surface area contributed by atoms with Crippen molar-refractivity contribution in [1.82, 2.24) is 9.97 Å². The predicted octanol–water partition coefficient (Wildman–Crippen LogP) is 2.65. The molecule has 9 heteroatoms.